The van der Waals surface area contributed by atoms with Crippen molar-refractivity contribution in [2.45, 2.75) is 70.6 Å². The van der Waals surface area contributed by atoms with E-state index in [-0.39, 0.29) is 48.6 Å². The molecule has 1 heterocycles. The summed E-state index contributed by atoms with van der Waals surface area (Å²) in [6.07, 6.45) is 5.18. The van der Waals surface area contributed by atoms with Gasteiger partial charge in [-0.1, -0.05) is 0 Å². The van der Waals surface area contributed by atoms with Crippen molar-refractivity contribution in [3.05, 3.63) is 0 Å². The fourth-order valence-electron chi connectivity index (χ4n) is 3.14. The van der Waals surface area contributed by atoms with Crippen LogP contribution in [0.5, 0.6) is 0 Å². The second-order valence-electron chi connectivity index (χ2n) is 9.29. The Labute approximate surface area is 203 Å². The van der Waals surface area contributed by atoms with E-state index in [1.54, 1.807) is 14.1 Å². The van der Waals surface area contributed by atoms with E-state index in [2.05, 4.69) is 20.9 Å². The van der Waals surface area contributed by atoms with Crippen LogP contribution in [0.4, 0.5) is 4.79 Å². The number of aliphatic imine (C=N–C) groups is 1. The highest BCUT2D eigenvalue weighted by Crippen LogP contribution is 2.32. The van der Waals surface area contributed by atoms with E-state index in [0.29, 0.717) is 25.0 Å². The Kier molecular flexibility index (Phi) is 11.9. The summed E-state index contributed by atoms with van der Waals surface area (Å²) in [4.78, 5) is 30.1. The predicted octanol–water partition coefficient (Wildman–Crippen LogP) is 2.10. The number of guanidine groups is 1. The number of hydrogen-bond donors (Lipinski definition) is 3. The molecule has 31 heavy (non-hydrogen) atoms. The van der Waals surface area contributed by atoms with Crippen LogP contribution in [0.1, 0.15) is 52.9 Å². The molecule has 2 atom stereocenters. The minimum Gasteiger partial charge on any atom is -0.444 e. The average Bonchev–Trinajstić information content (AvgIpc) is 3.50. The number of halogens is 1. The fourth-order valence-corrected chi connectivity index (χ4v) is 3.14. The van der Waals surface area contributed by atoms with Crippen molar-refractivity contribution in [1.29, 1.82) is 0 Å². The van der Waals surface area contributed by atoms with Crippen molar-refractivity contribution < 1.29 is 19.1 Å². The number of hydrogen-bond acceptors (Lipinski definition) is 5. The number of alkyl carbamates (subject to hydrolysis) is 1. The Morgan fingerprint density at radius 1 is 1.16 bits per heavy atom. The third-order valence-corrected chi connectivity index (χ3v) is 5.02. The number of rotatable bonds is 8. The Bertz CT molecular complexity index is 599. The van der Waals surface area contributed by atoms with Gasteiger partial charge in [0, 0.05) is 33.8 Å². The molecule has 1 aliphatic heterocycles. The number of amides is 2. The minimum absolute atomic E-state index is 0. The molecule has 180 valence electrons. The lowest BCUT2D eigenvalue weighted by Gasteiger charge is -2.26. The van der Waals surface area contributed by atoms with E-state index in [1.807, 2.05) is 20.8 Å². The van der Waals surface area contributed by atoms with Crippen molar-refractivity contribution in [2.75, 3.05) is 40.3 Å². The third kappa shape index (κ3) is 11.8. The topological polar surface area (TPSA) is 104 Å². The molecule has 0 aromatic carbocycles. The van der Waals surface area contributed by atoms with Crippen molar-refractivity contribution in [2.24, 2.45) is 10.9 Å². The molecule has 0 spiro atoms. The van der Waals surface area contributed by atoms with Gasteiger partial charge >= 0.3 is 6.09 Å². The van der Waals surface area contributed by atoms with Gasteiger partial charge in [-0.15, -0.1) is 24.0 Å². The van der Waals surface area contributed by atoms with E-state index < -0.39 is 11.7 Å². The van der Waals surface area contributed by atoms with Gasteiger partial charge in [-0.3, -0.25) is 4.79 Å². The van der Waals surface area contributed by atoms with Crippen molar-refractivity contribution in [3.8, 4) is 0 Å². The molecule has 2 fully saturated rings. The Hall–Kier alpha value is -1.30. The van der Waals surface area contributed by atoms with Gasteiger partial charge in [0.05, 0.1) is 12.1 Å². The van der Waals surface area contributed by atoms with Gasteiger partial charge in [-0.05, 0) is 58.8 Å². The van der Waals surface area contributed by atoms with Crippen molar-refractivity contribution in [3.63, 3.8) is 0 Å². The summed E-state index contributed by atoms with van der Waals surface area (Å²) in [6, 6.07) is -0.0534. The molecular formula is C21H40IN5O4. The van der Waals surface area contributed by atoms with Crippen LogP contribution in [0.15, 0.2) is 4.99 Å². The summed E-state index contributed by atoms with van der Waals surface area (Å²) in [5.41, 5.74) is -0.535. The number of nitrogens with zero attached hydrogens (tertiary/aromatic N) is 2. The molecule has 2 unspecified atom stereocenters. The molecule has 2 rings (SSSR count). The predicted molar refractivity (Wildman–Crippen MR) is 132 cm³/mol. The highest BCUT2D eigenvalue weighted by molar-refractivity contribution is 14.0. The molecule has 2 amide bonds. The van der Waals surface area contributed by atoms with E-state index in [1.165, 1.54) is 4.90 Å². The smallest absolute Gasteiger partial charge is 0.407 e. The summed E-state index contributed by atoms with van der Waals surface area (Å²) < 4.78 is 11.2. The van der Waals surface area contributed by atoms with Crippen LogP contribution in [0.25, 0.3) is 0 Å². The van der Waals surface area contributed by atoms with E-state index >= 15 is 0 Å². The van der Waals surface area contributed by atoms with Crippen LogP contribution in [0.2, 0.25) is 0 Å². The summed E-state index contributed by atoms with van der Waals surface area (Å²) in [7, 11) is 3.42. The molecule has 1 saturated heterocycles. The number of ether oxygens (including phenoxy) is 2. The maximum Gasteiger partial charge on any atom is 0.407 e. The molecule has 0 aromatic rings. The highest BCUT2D eigenvalue weighted by atomic mass is 127. The first kappa shape index (κ1) is 27.7. The van der Waals surface area contributed by atoms with Gasteiger partial charge in [0.1, 0.15) is 12.1 Å². The minimum atomic E-state index is -0.535. The zero-order valence-electron chi connectivity index (χ0n) is 19.5. The molecule has 10 heteroatoms. The van der Waals surface area contributed by atoms with Crippen molar-refractivity contribution in [1.82, 2.24) is 20.9 Å². The van der Waals surface area contributed by atoms with Crippen LogP contribution in [-0.2, 0) is 14.3 Å². The molecule has 1 aliphatic carbocycles. The van der Waals surface area contributed by atoms with E-state index in [0.717, 1.165) is 38.7 Å². The number of carbonyl (C=O) groups is 2. The molecule has 1 saturated carbocycles. The third-order valence-electron chi connectivity index (χ3n) is 5.02. The van der Waals surface area contributed by atoms with Gasteiger partial charge in [0.25, 0.3) is 0 Å². The summed E-state index contributed by atoms with van der Waals surface area (Å²) >= 11 is 0. The summed E-state index contributed by atoms with van der Waals surface area (Å²) in [6.45, 7) is 7.53. The highest BCUT2D eigenvalue weighted by Gasteiger charge is 2.33. The van der Waals surface area contributed by atoms with Gasteiger partial charge < -0.3 is 30.3 Å². The first-order valence-electron chi connectivity index (χ1n) is 11.0. The van der Waals surface area contributed by atoms with Crippen LogP contribution < -0.4 is 16.0 Å². The van der Waals surface area contributed by atoms with Crippen molar-refractivity contribution >= 4 is 41.9 Å². The normalized spacial score (nSPS) is 20.2. The Morgan fingerprint density at radius 2 is 1.87 bits per heavy atom. The van der Waals surface area contributed by atoms with Crippen LogP contribution in [0.3, 0.4) is 0 Å². The first-order valence-corrected chi connectivity index (χ1v) is 11.0. The molecular weight excluding hydrogens is 513 g/mol. The van der Waals surface area contributed by atoms with Crippen LogP contribution >= 0.6 is 24.0 Å². The maximum atomic E-state index is 12.2. The fraction of sp³-hybridized carbons (Fsp3) is 0.857. The van der Waals surface area contributed by atoms with Crippen LogP contribution in [-0.4, -0.2) is 80.9 Å². The summed E-state index contributed by atoms with van der Waals surface area (Å²) in [5, 5.41) is 9.55. The zero-order valence-corrected chi connectivity index (χ0v) is 21.9. The van der Waals surface area contributed by atoms with Gasteiger partial charge in [-0.2, -0.15) is 0 Å². The number of carbonyl (C=O) groups excluding carboxylic acids is 2. The molecule has 0 radical (unpaired) electrons. The second kappa shape index (κ2) is 13.3. The lowest BCUT2D eigenvalue weighted by atomic mass is 10.1. The largest absolute Gasteiger partial charge is 0.444 e. The molecule has 9 nitrogen and oxygen atoms in total. The zero-order chi connectivity index (χ0) is 22.1. The lowest BCUT2D eigenvalue weighted by Crippen LogP contribution is -2.50. The Balaban J connectivity index is 0.00000480. The lowest BCUT2D eigenvalue weighted by molar-refractivity contribution is -0.127. The molecule has 0 bridgehead atoms. The average molecular weight is 553 g/mol. The Morgan fingerprint density at radius 3 is 2.42 bits per heavy atom. The monoisotopic (exact) mass is 553 g/mol. The van der Waals surface area contributed by atoms with Gasteiger partial charge in [0.2, 0.25) is 5.91 Å². The van der Waals surface area contributed by atoms with Gasteiger partial charge in [-0.25, -0.2) is 9.79 Å². The number of likely N-dealkylation sites (N-methyl/N-ethyl adjacent to an activating group) is 1. The van der Waals surface area contributed by atoms with E-state index in [4.69, 9.17) is 9.47 Å². The standard InChI is InChI=1S/C21H39N5O4.HI/c1-21(2,3)30-20(28)25-17(15-9-10-15)13-23-19(24-14-18(27)26(4)5)22-12-16-8-6-7-11-29-16;/h15-17H,6-14H2,1-5H3,(H,25,28)(H2,22,23,24);1H. The van der Waals surface area contributed by atoms with Gasteiger partial charge in [0.15, 0.2) is 5.96 Å². The molecule has 0 aromatic heterocycles. The molecule has 3 N–H and O–H groups in total. The maximum absolute atomic E-state index is 12.2. The van der Waals surface area contributed by atoms with E-state index in [9.17, 15) is 9.59 Å². The van der Waals surface area contributed by atoms with Crippen LogP contribution in [0, 0.1) is 5.92 Å². The first-order chi connectivity index (χ1) is 14.1. The quantitative estimate of drug-likeness (QED) is 0.242. The SMILES string of the molecule is CN(C)C(=O)CN=C(NCC1CCCCO1)NCC(NC(=O)OC(C)(C)C)C1CC1.I. The molecule has 2 aliphatic rings. The number of nitrogens with one attached hydrogen (secondary N) is 3. The summed E-state index contributed by atoms with van der Waals surface area (Å²) in [5.74, 6) is 0.906. The second-order valence-corrected chi connectivity index (χ2v) is 9.29.